The van der Waals surface area contributed by atoms with Crippen LogP contribution in [0.1, 0.15) is 13.3 Å². The highest BCUT2D eigenvalue weighted by Crippen LogP contribution is 1.93. The largest absolute Gasteiger partial charge is 0.328 e. The zero-order valence-electron chi connectivity index (χ0n) is 7.45. The van der Waals surface area contributed by atoms with E-state index in [0.717, 1.165) is 6.08 Å². The van der Waals surface area contributed by atoms with Gasteiger partial charge in [-0.1, -0.05) is 13.5 Å². The molecule has 0 unspecified atom stereocenters. The van der Waals surface area contributed by atoms with Gasteiger partial charge in [-0.15, -0.1) is 0 Å². The van der Waals surface area contributed by atoms with Gasteiger partial charge in [-0.2, -0.15) is 8.42 Å². The molecule has 1 amide bonds. The summed E-state index contributed by atoms with van der Waals surface area (Å²) in [6, 6.07) is 0. The van der Waals surface area contributed by atoms with E-state index >= 15 is 0 Å². The maximum atomic E-state index is 10.9. The van der Waals surface area contributed by atoms with E-state index in [-0.39, 0.29) is 12.5 Å². The molecule has 5 nitrogen and oxygen atoms in total. The number of hydrogen-bond donors (Lipinski definition) is 1. The molecule has 0 aromatic carbocycles. The molecule has 13 heavy (non-hydrogen) atoms. The van der Waals surface area contributed by atoms with Gasteiger partial charge in [-0.25, -0.2) is 4.18 Å². The van der Waals surface area contributed by atoms with Crippen LogP contribution in [0.2, 0.25) is 0 Å². The zero-order valence-corrected chi connectivity index (χ0v) is 8.26. The van der Waals surface area contributed by atoms with Crippen molar-refractivity contribution in [2.45, 2.75) is 13.3 Å². The van der Waals surface area contributed by atoms with E-state index in [1.807, 2.05) is 0 Å². The van der Waals surface area contributed by atoms with Gasteiger partial charge in [0.15, 0.2) is 0 Å². The van der Waals surface area contributed by atoms with Crippen molar-refractivity contribution in [3.8, 4) is 0 Å². The lowest BCUT2D eigenvalue weighted by atomic mass is 10.6. The van der Waals surface area contributed by atoms with Crippen LogP contribution in [-0.2, 0) is 19.1 Å². The zero-order chi connectivity index (χ0) is 10.3. The van der Waals surface area contributed by atoms with Gasteiger partial charge >= 0.3 is 0 Å². The molecule has 0 aromatic heterocycles. The Morgan fingerprint density at radius 2 is 2.23 bits per heavy atom. The third-order valence-electron chi connectivity index (χ3n) is 1.12. The Bertz CT molecular complexity index is 270. The smallest absolute Gasteiger partial charge is 0.269 e. The first kappa shape index (κ1) is 12.1. The summed E-state index contributed by atoms with van der Waals surface area (Å²) in [4.78, 5) is 10.6. The van der Waals surface area contributed by atoms with E-state index in [0.29, 0.717) is 6.42 Å². The Morgan fingerprint density at radius 1 is 1.62 bits per heavy atom. The van der Waals surface area contributed by atoms with Gasteiger partial charge in [0.1, 0.15) is 6.73 Å². The lowest BCUT2D eigenvalue weighted by Gasteiger charge is -2.03. The molecule has 0 saturated carbocycles. The summed E-state index contributed by atoms with van der Waals surface area (Å²) < 4.78 is 26.2. The monoisotopic (exact) mass is 207 g/mol. The molecule has 6 heteroatoms. The number of amides is 1. The number of nitrogens with one attached hydrogen (secondary N) is 1. The molecule has 0 fully saturated rings. The summed E-state index contributed by atoms with van der Waals surface area (Å²) >= 11 is 0. The highest BCUT2D eigenvalue weighted by Gasteiger charge is 2.08. The fraction of sp³-hybridized carbons (Fsp3) is 0.571. The quantitative estimate of drug-likeness (QED) is 0.378. The van der Waals surface area contributed by atoms with Crippen molar-refractivity contribution in [1.82, 2.24) is 5.32 Å². The van der Waals surface area contributed by atoms with Gasteiger partial charge in [-0.3, -0.25) is 4.79 Å². The normalized spacial score (nSPS) is 10.8. The van der Waals surface area contributed by atoms with Crippen LogP contribution in [0.3, 0.4) is 0 Å². The second kappa shape index (κ2) is 5.71. The molecule has 0 saturated heterocycles. The van der Waals surface area contributed by atoms with E-state index in [2.05, 4.69) is 16.1 Å². The average Bonchev–Trinajstić information content (AvgIpc) is 2.03. The van der Waals surface area contributed by atoms with Crippen LogP contribution >= 0.6 is 0 Å². The van der Waals surface area contributed by atoms with Crippen molar-refractivity contribution in [3.63, 3.8) is 0 Å². The maximum Gasteiger partial charge on any atom is 0.269 e. The summed E-state index contributed by atoms with van der Waals surface area (Å²) in [7, 11) is -3.48. The first-order valence-electron chi connectivity index (χ1n) is 3.79. The molecular formula is C7H13NO4S. The molecule has 76 valence electrons. The number of carbonyl (C=O) groups is 1. The number of carbonyl (C=O) groups excluding carboxylic acids is 1. The third kappa shape index (κ3) is 6.30. The molecule has 0 aliphatic rings. The third-order valence-corrected chi connectivity index (χ3v) is 2.51. The highest BCUT2D eigenvalue weighted by atomic mass is 32.2. The molecule has 1 N–H and O–H groups in total. The molecule has 0 aliphatic heterocycles. The summed E-state index contributed by atoms with van der Waals surface area (Å²) in [5.41, 5.74) is 0. The molecule has 0 rings (SSSR count). The lowest BCUT2D eigenvalue weighted by molar-refractivity contribution is -0.117. The van der Waals surface area contributed by atoms with Gasteiger partial charge in [0, 0.05) is 0 Å². The topological polar surface area (TPSA) is 72.5 Å². The van der Waals surface area contributed by atoms with Gasteiger partial charge in [-0.05, 0) is 12.5 Å². The average molecular weight is 207 g/mol. The summed E-state index contributed by atoms with van der Waals surface area (Å²) in [6.07, 6.45) is 1.52. The van der Waals surface area contributed by atoms with Gasteiger partial charge in [0.2, 0.25) is 5.91 Å². The van der Waals surface area contributed by atoms with Crippen molar-refractivity contribution in [1.29, 1.82) is 0 Å². The molecule has 0 aromatic rings. The van der Waals surface area contributed by atoms with Gasteiger partial charge in [0.05, 0.1) is 5.75 Å². The van der Waals surface area contributed by atoms with Crippen LogP contribution in [0.25, 0.3) is 0 Å². The van der Waals surface area contributed by atoms with Crippen molar-refractivity contribution < 1.29 is 17.4 Å². The molecule has 0 bridgehead atoms. The summed E-state index contributed by atoms with van der Waals surface area (Å²) in [5, 5.41) is 2.19. The van der Waals surface area contributed by atoms with Crippen molar-refractivity contribution in [3.05, 3.63) is 12.7 Å². The first-order chi connectivity index (χ1) is 6.02. The van der Waals surface area contributed by atoms with E-state index in [1.54, 1.807) is 6.92 Å². The molecular weight excluding hydrogens is 194 g/mol. The Balaban J connectivity index is 3.76. The number of rotatable bonds is 6. The summed E-state index contributed by atoms with van der Waals surface area (Å²) in [6.45, 7) is 4.58. The minimum atomic E-state index is -3.48. The Kier molecular flexibility index (Phi) is 5.33. The summed E-state index contributed by atoms with van der Waals surface area (Å²) in [5.74, 6) is -0.511. The fourth-order valence-corrected chi connectivity index (χ4v) is 1.43. The van der Waals surface area contributed by atoms with Crippen molar-refractivity contribution in [2.75, 3.05) is 12.5 Å². The Labute approximate surface area is 77.9 Å². The van der Waals surface area contributed by atoms with Crippen LogP contribution in [0, 0.1) is 0 Å². The Hall–Kier alpha value is -0.880. The van der Waals surface area contributed by atoms with E-state index in [4.69, 9.17) is 0 Å². The van der Waals surface area contributed by atoms with Crippen LogP contribution in [-0.4, -0.2) is 26.8 Å². The van der Waals surface area contributed by atoms with Crippen molar-refractivity contribution in [2.24, 2.45) is 0 Å². The predicted octanol–water partition coefficient (Wildman–Crippen LogP) is 0.00250. The molecule has 0 radical (unpaired) electrons. The second-order valence-electron chi connectivity index (χ2n) is 2.27. The molecule has 0 spiro atoms. The van der Waals surface area contributed by atoms with Crippen LogP contribution < -0.4 is 5.32 Å². The van der Waals surface area contributed by atoms with E-state index in [1.165, 1.54) is 0 Å². The van der Waals surface area contributed by atoms with Gasteiger partial charge < -0.3 is 5.32 Å². The maximum absolute atomic E-state index is 10.9. The minimum absolute atomic E-state index is 0.0447. The second-order valence-corrected chi connectivity index (χ2v) is 4.03. The number of hydrogen-bond acceptors (Lipinski definition) is 4. The SMILES string of the molecule is C=CC(=O)NCOS(=O)(=O)CCC. The standard InChI is InChI=1S/C7H13NO4S/c1-3-5-13(10,11)12-6-8-7(9)4-2/h4H,2-3,5-6H2,1H3,(H,8,9). The highest BCUT2D eigenvalue weighted by molar-refractivity contribution is 7.86. The molecule has 0 atom stereocenters. The minimum Gasteiger partial charge on any atom is -0.328 e. The van der Waals surface area contributed by atoms with Crippen LogP contribution in [0.5, 0.6) is 0 Å². The van der Waals surface area contributed by atoms with Gasteiger partial charge in [0.25, 0.3) is 10.1 Å². The molecule has 0 aliphatic carbocycles. The Morgan fingerprint density at radius 3 is 2.69 bits per heavy atom. The van der Waals surface area contributed by atoms with Crippen LogP contribution in [0.4, 0.5) is 0 Å². The lowest BCUT2D eigenvalue weighted by Crippen LogP contribution is -2.26. The van der Waals surface area contributed by atoms with Crippen molar-refractivity contribution >= 4 is 16.0 Å². The van der Waals surface area contributed by atoms with E-state index < -0.39 is 16.0 Å². The molecule has 0 heterocycles. The predicted molar refractivity (Wildman–Crippen MR) is 48.4 cm³/mol. The van der Waals surface area contributed by atoms with E-state index in [9.17, 15) is 13.2 Å². The fourth-order valence-electron chi connectivity index (χ4n) is 0.571. The van der Waals surface area contributed by atoms with Crippen LogP contribution in [0.15, 0.2) is 12.7 Å². The first-order valence-corrected chi connectivity index (χ1v) is 5.37.